The van der Waals surface area contributed by atoms with E-state index in [2.05, 4.69) is 22.8 Å². The normalized spacial score (nSPS) is 16.6. The highest BCUT2D eigenvalue weighted by Gasteiger charge is 2.14. The van der Waals surface area contributed by atoms with E-state index in [1.54, 1.807) is 18.2 Å². The summed E-state index contributed by atoms with van der Waals surface area (Å²) < 4.78 is 5.22. The van der Waals surface area contributed by atoms with Crippen LogP contribution < -0.4 is 15.4 Å². The molecule has 1 atom stereocenters. The molecule has 0 saturated heterocycles. The molecule has 0 aliphatic heterocycles. The topological polar surface area (TPSA) is 67.4 Å². The minimum Gasteiger partial charge on any atom is -0.494 e. The predicted octanol–water partition coefficient (Wildman–Crippen LogP) is 2.95. The Morgan fingerprint density at radius 2 is 2.14 bits per heavy atom. The number of allylic oxidation sites excluding steroid dienone is 2. The number of carbonyl (C=O) groups excluding carboxylic acids is 2. The van der Waals surface area contributed by atoms with E-state index in [4.69, 9.17) is 4.74 Å². The number of ether oxygens (including phenoxy) is 1. The lowest BCUT2D eigenvalue weighted by molar-refractivity contribution is -0.117. The van der Waals surface area contributed by atoms with E-state index in [0.717, 1.165) is 12.8 Å². The van der Waals surface area contributed by atoms with Crippen molar-refractivity contribution in [3.8, 4) is 5.75 Å². The molecular formula is C16H20N2O3. The predicted molar refractivity (Wildman–Crippen MR) is 82.4 cm³/mol. The van der Waals surface area contributed by atoms with Crippen LogP contribution in [0.25, 0.3) is 0 Å². The van der Waals surface area contributed by atoms with Gasteiger partial charge in [-0.15, -0.1) is 0 Å². The average Bonchev–Trinajstić information content (AvgIpc) is 2.92. The van der Waals surface area contributed by atoms with Crippen molar-refractivity contribution in [2.24, 2.45) is 5.92 Å². The van der Waals surface area contributed by atoms with Gasteiger partial charge in [-0.3, -0.25) is 9.59 Å². The molecule has 1 aliphatic rings. The van der Waals surface area contributed by atoms with Crippen LogP contribution >= 0.6 is 0 Å². The number of hydrogen-bond acceptors (Lipinski definition) is 3. The fourth-order valence-corrected chi connectivity index (χ4v) is 2.38. The molecule has 1 unspecified atom stereocenters. The zero-order chi connectivity index (χ0) is 15.2. The molecule has 112 valence electrons. The third kappa shape index (κ3) is 4.34. The number of carbonyl (C=O) groups is 2. The Labute approximate surface area is 124 Å². The summed E-state index contributed by atoms with van der Waals surface area (Å²) in [6.45, 7) is 1.43. The lowest BCUT2D eigenvalue weighted by Crippen LogP contribution is -2.15. The SMILES string of the molecule is COc1cc(NC(=O)CC2C=CCC2)ccc1NC(C)=O. The van der Waals surface area contributed by atoms with Crippen LogP contribution in [0.5, 0.6) is 5.75 Å². The highest BCUT2D eigenvalue weighted by Crippen LogP contribution is 2.28. The van der Waals surface area contributed by atoms with Crippen LogP contribution in [0.15, 0.2) is 30.4 Å². The van der Waals surface area contributed by atoms with Gasteiger partial charge in [-0.25, -0.2) is 0 Å². The number of nitrogens with one attached hydrogen (secondary N) is 2. The summed E-state index contributed by atoms with van der Waals surface area (Å²) in [5.74, 6) is 0.674. The van der Waals surface area contributed by atoms with Crippen LogP contribution in [0.4, 0.5) is 11.4 Å². The molecule has 0 fully saturated rings. The highest BCUT2D eigenvalue weighted by atomic mass is 16.5. The van der Waals surface area contributed by atoms with Gasteiger partial charge in [0.15, 0.2) is 0 Å². The van der Waals surface area contributed by atoms with Gasteiger partial charge < -0.3 is 15.4 Å². The summed E-state index contributed by atoms with van der Waals surface area (Å²) >= 11 is 0. The number of amides is 2. The Morgan fingerprint density at radius 3 is 2.76 bits per heavy atom. The van der Waals surface area contributed by atoms with Crippen molar-refractivity contribution in [2.75, 3.05) is 17.7 Å². The molecule has 1 aliphatic carbocycles. The van der Waals surface area contributed by atoms with Gasteiger partial charge in [0.25, 0.3) is 0 Å². The second kappa shape index (κ2) is 6.92. The molecule has 2 rings (SSSR count). The van der Waals surface area contributed by atoms with Gasteiger partial charge in [-0.2, -0.15) is 0 Å². The standard InChI is InChI=1S/C16H20N2O3/c1-11(19)17-14-8-7-13(10-15(14)21-2)18-16(20)9-12-5-3-4-6-12/h3,5,7-8,10,12H,4,6,9H2,1-2H3,(H,17,19)(H,18,20). The van der Waals surface area contributed by atoms with Crippen molar-refractivity contribution in [2.45, 2.75) is 26.2 Å². The molecule has 0 radical (unpaired) electrons. The van der Waals surface area contributed by atoms with Gasteiger partial charge in [0.1, 0.15) is 5.75 Å². The highest BCUT2D eigenvalue weighted by molar-refractivity contribution is 5.93. The Balaban J connectivity index is 2.01. The van der Waals surface area contributed by atoms with Gasteiger partial charge in [0.2, 0.25) is 11.8 Å². The molecule has 5 nitrogen and oxygen atoms in total. The fourth-order valence-electron chi connectivity index (χ4n) is 2.38. The molecule has 1 aromatic rings. The van der Waals surface area contributed by atoms with Crippen molar-refractivity contribution in [1.29, 1.82) is 0 Å². The molecule has 0 aromatic heterocycles. The smallest absolute Gasteiger partial charge is 0.224 e. The lowest BCUT2D eigenvalue weighted by atomic mass is 10.1. The third-order valence-electron chi connectivity index (χ3n) is 3.36. The first-order chi connectivity index (χ1) is 10.1. The quantitative estimate of drug-likeness (QED) is 0.819. The molecule has 5 heteroatoms. The Hall–Kier alpha value is -2.30. The molecule has 21 heavy (non-hydrogen) atoms. The van der Waals surface area contributed by atoms with E-state index in [9.17, 15) is 9.59 Å². The molecule has 2 amide bonds. The largest absolute Gasteiger partial charge is 0.494 e. The maximum Gasteiger partial charge on any atom is 0.224 e. The lowest BCUT2D eigenvalue weighted by Gasteiger charge is -2.12. The van der Waals surface area contributed by atoms with E-state index in [1.807, 2.05) is 0 Å². The second-order valence-electron chi connectivity index (χ2n) is 5.11. The number of anilines is 2. The summed E-state index contributed by atoms with van der Waals surface area (Å²) in [4.78, 5) is 23.1. The summed E-state index contributed by atoms with van der Waals surface area (Å²) in [6, 6.07) is 5.16. The van der Waals surface area contributed by atoms with Crippen molar-refractivity contribution in [3.05, 3.63) is 30.4 Å². The van der Waals surface area contributed by atoms with Gasteiger partial charge in [0, 0.05) is 25.1 Å². The minimum atomic E-state index is -0.168. The van der Waals surface area contributed by atoms with Crippen molar-refractivity contribution < 1.29 is 14.3 Å². The maximum atomic E-state index is 12.0. The van der Waals surface area contributed by atoms with Crippen LogP contribution in [0.1, 0.15) is 26.2 Å². The van der Waals surface area contributed by atoms with Gasteiger partial charge in [-0.1, -0.05) is 12.2 Å². The van der Waals surface area contributed by atoms with Crippen molar-refractivity contribution in [3.63, 3.8) is 0 Å². The van der Waals surface area contributed by atoms with E-state index < -0.39 is 0 Å². The van der Waals surface area contributed by atoms with E-state index in [1.165, 1.54) is 14.0 Å². The first-order valence-electron chi connectivity index (χ1n) is 7.00. The molecule has 2 N–H and O–H groups in total. The van der Waals surface area contributed by atoms with Gasteiger partial charge >= 0.3 is 0 Å². The summed E-state index contributed by atoms with van der Waals surface area (Å²) in [6.07, 6.45) is 6.80. The molecule has 0 bridgehead atoms. The van der Waals surface area contributed by atoms with Crippen LogP contribution in [-0.2, 0) is 9.59 Å². The van der Waals surface area contributed by atoms with Crippen LogP contribution in [0.3, 0.4) is 0 Å². The van der Waals surface area contributed by atoms with E-state index in [0.29, 0.717) is 29.5 Å². The van der Waals surface area contributed by atoms with Crippen LogP contribution in [-0.4, -0.2) is 18.9 Å². The first-order valence-corrected chi connectivity index (χ1v) is 7.00. The van der Waals surface area contributed by atoms with E-state index >= 15 is 0 Å². The first kappa shape index (κ1) is 15.1. The molecule has 1 aromatic carbocycles. The number of rotatable bonds is 5. The summed E-state index contributed by atoms with van der Waals surface area (Å²) in [7, 11) is 1.52. The number of benzene rings is 1. The third-order valence-corrected chi connectivity index (χ3v) is 3.36. The number of hydrogen-bond donors (Lipinski definition) is 2. The maximum absolute atomic E-state index is 12.0. The molecule has 0 spiro atoms. The second-order valence-corrected chi connectivity index (χ2v) is 5.11. The Kier molecular flexibility index (Phi) is 4.98. The Bertz CT molecular complexity index is 567. The van der Waals surface area contributed by atoms with Crippen molar-refractivity contribution in [1.82, 2.24) is 0 Å². The average molecular weight is 288 g/mol. The summed E-state index contributed by atoms with van der Waals surface area (Å²) in [5, 5.41) is 5.54. The van der Waals surface area contributed by atoms with Crippen molar-refractivity contribution >= 4 is 23.2 Å². The minimum absolute atomic E-state index is 0.0131. The summed E-state index contributed by atoms with van der Waals surface area (Å²) in [5.41, 5.74) is 1.25. The van der Waals surface area contributed by atoms with Gasteiger partial charge in [0.05, 0.1) is 12.8 Å². The van der Waals surface area contributed by atoms with Gasteiger partial charge in [-0.05, 0) is 30.9 Å². The molecule has 0 heterocycles. The number of methoxy groups -OCH3 is 1. The zero-order valence-electron chi connectivity index (χ0n) is 12.3. The zero-order valence-corrected chi connectivity index (χ0v) is 12.3. The molecular weight excluding hydrogens is 268 g/mol. The van der Waals surface area contributed by atoms with Crippen LogP contribution in [0.2, 0.25) is 0 Å². The fraction of sp³-hybridized carbons (Fsp3) is 0.375. The monoisotopic (exact) mass is 288 g/mol. The Morgan fingerprint density at radius 1 is 1.33 bits per heavy atom. The van der Waals surface area contributed by atoms with E-state index in [-0.39, 0.29) is 11.8 Å². The van der Waals surface area contributed by atoms with Crippen LogP contribution in [0, 0.1) is 5.92 Å². The molecule has 0 saturated carbocycles.